The monoisotopic (exact) mass is 267 g/mol. The van der Waals surface area contributed by atoms with Gasteiger partial charge in [0.2, 0.25) is 0 Å². The Hall–Kier alpha value is -1.80. The highest BCUT2D eigenvalue weighted by molar-refractivity contribution is 5.37. The molecule has 1 aliphatic rings. The van der Waals surface area contributed by atoms with Crippen LogP contribution in [0, 0.1) is 6.92 Å². The molecule has 0 saturated heterocycles. The topological polar surface area (TPSA) is 21.3 Å². The van der Waals surface area contributed by atoms with Crippen LogP contribution in [0.3, 0.4) is 0 Å². The second-order valence-corrected chi connectivity index (χ2v) is 5.52. The Balaban J connectivity index is 1.85. The van der Waals surface area contributed by atoms with Crippen molar-refractivity contribution in [3.63, 3.8) is 0 Å². The van der Waals surface area contributed by atoms with Gasteiger partial charge in [-0.2, -0.15) is 0 Å². The maximum Gasteiger partial charge on any atom is 0.120 e. The van der Waals surface area contributed by atoms with Gasteiger partial charge in [-0.3, -0.25) is 0 Å². The second kappa shape index (κ2) is 5.68. The van der Waals surface area contributed by atoms with Crippen molar-refractivity contribution in [1.29, 1.82) is 0 Å². The zero-order chi connectivity index (χ0) is 13.9. The van der Waals surface area contributed by atoms with Gasteiger partial charge in [0.25, 0.3) is 0 Å². The fourth-order valence-corrected chi connectivity index (χ4v) is 2.43. The number of nitrogens with one attached hydrogen (secondary N) is 1. The quantitative estimate of drug-likeness (QED) is 0.888. The van der Waals surface area contributed by atoms with Crippen LogP contribution in [0.5, 0.6) is 5.75 Å². The van der Waals surface area contributed by atoms with Crippen molar-refractivity contribution in [2.24, 2.45) is 0 Å². The molecule has 1 atom stereocenters. The summed E-state index contributed by atoms with van der Waals surface area (Å²) in [6, 6.07) is 17.3. The lowest BCUT2D eigenvalue weighted by atomic mass is 9.98. The molecule has 2 heteroatoms. The molecule has 1 aliphatic carbocycles. The molecule has 1 unspecified atom stereocenters. The van der Waals surface area contributed by atoms with E-state index in [1.807, 2.05) is 13.1 Å². The predicted octanol–water partition coefficient (Wildman–Crippen LogP) is 3.85. The first-order valence-electron chi connectivity index (χ1n) is 7.27. The standard InChI is InChI=1S/C18H21NO/c1-13-6-8-14(9-7-13)18(19-2)15-4-3-5-17(12-15)20-16-10-11-16/h3-9,12,16,18-19H,10-11H2,1-2H3. The number of benzene rings is 2. The van der Waals surface area contributed by atoms with E-state index in [4.69, 9.17) is 4.74 Å². The van der Waals surface area contributed by atoms with Gasteiger partial charge in [-0.15, -0.1) is 0 Å². The summed E-state index contributed by atoms with van der Waals surface area (Å²) < 4.78 is 5.89. The Morgan fingerprint density at radius 3 is 2.45 bits per heavy atom. The van der Waals surface area contributed by atoms with Gasteiger partial charge in [0, 0.05) is 0 Å². The van der Waals surface area contributed by atoms with Crippen molar-refractivity contribution >= 4 is 0 Å². The lowest BCUT2D eigenvalue weighted by molar-refractivity contribution is 0.302. The molecular formula is C18H21NO. The highest BCUT2D eigenvalue weighted by atomic mass is 16.5. The molecule has 2 aromatic rings. The molecule has 20 heavy (non-hydrogen) atoms. The van der Waals surface area contributed by atoms with E-state index in [2.05, 4.69) is 54.7 Å². The van der Waals surface area contributed by atoms with Crippen LogP contribution in [0.25, 0.3) is 0 Å². The fraction of sp³-hybridized carbons (Fsp3) is 0.333. The van der Waals surface area contributed by atoms with Crippen molar-refractivity contribution < 1.29 is 4.74 Å². The van der Waals surface area contributed by atoms with Crippen LogP contribution in [-0.4, -0.2) is 13.2 Å². The highest BCUT2D eigenvalue weighted by Crippen LogP contribution is 2.30. The average molecular weight is 267 g/mol. The summed E-state index contributed by atoms with van der Waals surface area (Å²) in [6.07, 6.45) is 2.83. The van der Waals surface area contributed by atoms with Gasteiger partial charge in [-0.05, 0) is 50.1 Å². The minimum absolute atomic E-state index is 0.207. The van der Waals surface area contributed by atoms with E-state index in [-0.39, 0.29) is 6.04 Å². The number of ether oxygens (including phenoxy) is 1. The minimum Gasteiger partial charge on any atom is -0.490 e. The fourth-order valence-electron chi connectivity index (χ4n) is 2.43. The summed E-state index contributed by atoms with van der Waals surface area (Å²) in [6.45, 7) is 2.11. The van der Waals surface area contributed by atoms with E-state index in [1.165, 1.54) is 29.5 Å². The van der Waals surface area contributed by atoms with E-state index in [0.717, 1.165) is 5.75 Å². The highest BCUT2D eigenvalue weighted by Gasteiger charge is 2.23. The van der Waals surface area contributed by atoms with Crippen LogP contribution >= 0.6 is 0 Å². The van der Waals surface area contributed by atoms with Crippen LogP contribution in [-0.2, 0) is 0 Å². The SMILES string of the molecule is CNC(c1ccc(C)cc1)c1cccc(OC2CC2)c1. The van der Waals surface area contributed by atoms with Crippen LogP contribution in [0.4, 0.5) is 0 Å². The second-order valence-electron chi connectivity index (χ2n) is 5.52. The predicted molar refractivity (Wildman–Crippen MR) is 82.2 cm³/mol. The first-order valence-corrected chi connectivity index (χ1v) is 7.27. The van der Waals surface area contributed by atoms with Gasteiger partial charge in [0.1, 0.15) is 5.75 Å². The smallest absolute Gasteiger partial charge is 0.120 e. The molecule has 3 rings (SSSR count). The maximum absolute atomic E-state index is 5.89. The number of aryl methyl sites for hydroxylation is 1. The molecule has 0 amide bonds. The van der Waals surface area contributed by atoms with Gasteiger partial charge in [-0.25, -0.2) is 0 Å². The molecular weight excluding hydrogens is 246 g/mol. The Bertz CT molecular complexity index is 572. The molecule has 0 heterocycles. The van der Waals surface area contributed by atoms with Crippen molar-refractivity contribution in [2.75, 3.05) is 7.05 Å². The Morgan fingerprint density at radius 2 is 1.80 bits per heavy atom. The number of rotatable bonds is 5. The van der Waals surface area contributed by atoms with Crippen LogP contribution in [0.2, 0.25) is 0 Å². The molecule has 1 N–H and O–H groups in total. The molecule has 0 aliphatic heterocycles. The zero-order valence-corrected chi connectivity index (χ0v) is 12.1. The Kier molecular flexibility index (Phi) is 3.75. The molecule has 1 saturated carbocycles. The molecule has 104 valence electrons. The van der Waals surface area contributed by atoms with Gasteiger partial charge in [0.05, 0.1) is 12.1 Å². The first-order chi connectivity index (χ1) is 9.76. The molecule has 0 radical (unpaired) electrons. The summed E-state index contributed by atoms with van der Waals surface area (Å²) in [5.74, 6) is 0.984. The molecule has 2 aromatic carbocycles. The van der Waals surface area contributed by atoms with E-state index >= 15 is 0 Å². The van der Waals surface area contributed by atoms with Gasteiger partial charge < -0.3 is 10.1 Å². The third-order valence-corrected chi connectivity index (χ3v) is 3.72. The summed E-state index contributed by atoms with van der Waals surface area (Å²) in [7, 11) is 2.00. The van der Waals surface area contributed by atoms with Gasteiger partial charge in [0.15, 0.2) is 0 Å². The molecule has 0 bridgehead atoms. The molecule has 2 nitrogen and oxygen atoms in total. The third-order valence-electron chi connectivity index (χ3n) is 3.72. The third kappa shape index (κ3) is 3.02. The minimum atomic E-state index is 0.207. The zero-order valence-electron chi connectivity index (χ0n) is 12.1. The van der Waals surface area contributed by atoms with Crippen molar-refractivity contribution in [3.05, 3.63) is 65.2 Å². The van der Waals surface area contributed by atoms with E-state index in [1.54, 1.807) is 0 Å². The van der Waals surface area contributed by atoms with Gasteiger partial charge in [-0.1, -0.05) is 42.0 Å². The lowest BCUT2D eigenvalue weighted by Crippen LogP contribution is -2.17. The maximum atomic E-state index is 5.89. The van der Waals surface area contributed by atoms with Crippen LogP contribution in [0.15, 0.2) is 48.5 Å². The first kappa shape index (κ1) is 13.2. The van der Waals surface area contributed by atoms with Crippen LogP contribution in [0.1, 0.15) is 35.6 Å². The Morgan fingerprint density at radius 1 is 1.05 bits per heavy atom. The average Bonchev–Trinajstić information content (AvgIpc) is 3.26. The lowest BCUT2D eigenvalue weighted by Gasteiger charge is -2.18. The number of hydrogen-bond donors (Lipinski definition) is 1. The molecule has 1 fully saturated rings. The van der Waals surface area contributed by atoms with Crippen molar-refractivity contribution in [1.82, 2.24) is 5.32 Å². The van der Waals surface area contributed by atoms with E-state index in [0.29, 0.717) is 6.10 Å². The largest absolute Gasteiger partial charge is 0.490 e. The van der Waals surface area contributed by atoms with Gasteiger partial charge >= 0.3 is 0 Å². The molecule has 0 spiro atoms. The normalized spacial score (nSPS) is 15.9. The summed E-state index contributed by atoms with van der Waals surface area (Å²) in [5, 5.41) is 3.39. The summed E-state index contributed by atoms with van der Waals surface area (Å²) in [5.41, 5.74) is 3.81. The van der Waals surface area contributed by atoms with Crippen LogP contribution < -0.4 is 10.1 Å². The number of hydrogen-bond acceptors (Lipinski definition) is 2. The van der Waals surface area contributed by atoms with E-state index in [9.17, 15) is 0 Å². The Labute approximate surface area is 120 Å². The summed E-state index contributed by atoms with van der Waals surface area (Å²) in [4.78, 5) is 0. The van der Waals surface area contributed by atoms with Crippen molar-refractivity contribution in [3.8, 4) is 5.75 Å². The van der Waals surface area contributed by atoms with E-state index < -0.39 is 0 Å². The summed E-state index contributed by atoms with van der Waals surface area (Å²) >= 11 is 0. The van der Waals surface area contributed by atoms with Crippen molar-refractivity contribution in [2.45, 2.75) is 31.9 Å². The molecule has 0 aromatic heterocycles.